The van der Waals surface area contributed by atoms with Crippen LogP contribution in [0.4, 0.5) is 0 Å². The first kappa shape index (κ1) is 12.1. The van der Waals surface area contributed by atoms with Gasteiger partial charge in [0.1, 0.15) is 0 Å². The fraction of sp³-hybridized carbons (Fsp3) is 0.200. The normalized spacial score (nSPS) is 9.87. The van der Waals surface area contributed by atoms with Crippen LogP contribution in [0.5, 0.6) is 0 Å². The lowest BCUT2D eigenvalue weighted by molar-refractivity contribution is -0.126. The average molecular weight is 318 g/mol. The smallest absolute Gasteiger partial charge is 0.273 e. The van der Waals surface area contributed by atoms with Crippen molar-refractivity contribution >= 4 is 34.4 Å². The molecule has 0 atom stereocenters. The Morgan fingerprint density at radius 2 is 2.00 bits per heavy atom. The van der Waals surface area contributed by atoms with Crippen LogP contribution in [0.3, 0.4) is 0 Å². The summed E-state index contributed by atoms with van der Waals surface area (Å²) in [4.78, 5) is 22.5. The van der Waals surface area contributed by atoms with Gasteiger partial charge >= 0.3 is 0 Å². The zero-order chi connectivity index (χ0) is 11.6. The maximum Gasteiger partial charge on any atom is 0.274 e. The Balaban J connectivity index is 3.02. The lowest BCUT2D eigenvalue weighted by Crippen LogP contribution is -2.41. The number of hydrazine groups is 1. The van der Waals surface area contributed by atoms with Gasteiger partial charge in [-0.15, -0.1) is 0 Å². The molecule has 0 heterocycles. The van der Waals surface area contributed by atoms with Crippen LogP contribution in [-0.4, -0.2) is 16.8 Å². The minimum atomic E-state index is -0.486. The molecule has 1 aromatic carbocycles. The van der Waals surface area contributed by atoms with Crippen LogP contribution in [0.15, 0.2) is 18.2 Å². The predicted octanol–water partition coefficient (Wildman–Crippen LogP) is 1.46. The number of hydrogen-bond acceptors (Lipinski definition) is 3. The number of halogens is 1. The van der Waals surface area contributed by atoms with Crippen molar-refractivity contribution in [2.45, 2.75) is 13.8 Å². The lowest BCUT2D eigenvalue weighted by atomic mass is 10.1. The van der Waals surface area contributed by atoms with Crippen LogP contribution < -0.4 is 5.84 Å². The maximum atomic E-state index is 11.6. The molecule has 0 saturated carbocycles. The summed E-state index contributed by atoms with van der Waals surface area (Å²) < 4.78 is 0.968. The van der Waals surface area contributed by atoms with E-state index in [2.05, 4.69) is 22.6 Å². The summed E-state index contributed by atoms with van der Waals surface area (Å²) in [6, 6.07) is 5.19. The van der Waals surface area contributed by atoms with Crippen LogP contribution in [0.1, 0.15) is 22.8 Å². The van der Waals surface area contributed by atoms with Gasteiger partial charge in [0, 0.05) is 16.1 Å². The number of amides is 2. The fourth-order valence-electron chi connectivity index (χ4n) is 1.01. The Morgan fingerprint density at radius 1 is 1.40 bits per heavy atom. The van der Waals surface area contributed by atoms with Gasteiger partial charge < -0.3 is 0 Å². The number of benzene rings is 1. The van der Waals surface area contributed by atoms with Gasteiger partial charge in [-0.2, -0.15) is 0 Å². The molecule has 0 radical (unpaired) electrons. The van der Waals surface area contributed by atoms with E-state index in [0.717, 1.165) is 9.13 Å². The van der Waals surface area contributed by atoms with E-state index in [-0.39, 0.29) is 0 Å². The van der Waals surface area contributed by atoms with Gasteiger partial charge in [0.15, 0.2) is 0 Å². The SMILES string of the molecule is CC(=O)N(N)C(=O)c1ccc(C)c(I)c1. The number of imide groups is 1. The van der Waals surface area contributed by atoms with E-state index in [4.69, 9.17) is 5.84 Å². The summed E-state index contributed by atoms with van der Waals surface area (Å²) in [7, 11) is 0. The molecule has 80 valence electrons. The van der Waals surface area contributed by atoms with Gasteiger partial charge in [-0.3, -0.25) is 9.59 Å². The molecule has 0 aliphatic rings. The Kier molecular flexibility index (Phi) is 3.81. The Morgan fingerprint density at radius 3 is 2.47 bits per heavy atom. The number of nitrogens with zero attached hydrogens (tertiary/aromatic N) is 1. The fourth-order valence-corrected chi connectivity index (χ4v) is 1.52. The van der Waals surface area contributed by atoms with Gasteiger partial charge in [0.2, 0.25) is 5.91 Å². The van der Waals surface area contributed by atoms with Crippen LogP contribution in [0, 0.1) is 10.5 Å². The summed E-state index contributed by atoms with van der Waals surface area (Å²) in [6.45, 7) is 3.19. The van der Waals surface area contributed by atoms with E-state index in [1.165, 1.54) is 6.92 Å². The second-order valence-corrected chi connectivity index (χ2v) is 4.32. The minimum Gasteiger partial charge on any atom is -0.273 e. The van der Waals surface area contributed by atoms with Crippen LogP contribution in [0.2, 0.25) is 0 Å². The molecule has 0 aliphatic heterocycles. The molecule has 2 amide bonds. The molecule has 0 unspecified atom stereocenters. The predicted molar refractivity (Wildman–Crippen MR) is 64.9 cm³/mol. The second kappa shape index (κ2) is 4.71. The minimum absolute atomic E-state index is 0.419. The monoisotopic (exact) mass is 318 g/mol. The Labute approximate surface area is 102 Å². The molecule has 0 aliphatic carbocycles. The van der Waals surface area contributed by atoms with Crippen molar-refractivity contribution in [1.29, 1.82) is 0 Å². The first-order valence-electron chi connectivity index (χ1n) is 4.29. The highest BCUT2D eigenvalue weighted by atomic mass is 127. The molecule has 0 bridgehead atoms. The highest BCUT2D eigenvalue weighted by Crippen LogP contribution is 2.14. The molecule has 4 nitrogen and oxygen atoms in total. The van der Waals surface area contributed by atoms with Gasteiger partial charge in [-0.1, -0.05) is 6.07 Å². The molecule has 0 saturated heterocycles. The molecule has 5 heteroatoms. The van der Waals surface area contributed by atoms with Crippen molar-refractivity contribution in [3.8, 4) is 0 Å². The third-order valence-corrected chi connectivity index (χ3v) is 3.14. The van der Waals surface area contributed by atoms with E-state index in [9.17, 15) is 9.59 Å². The van der Waals surface area contributed by atoms with Crippen LogP contribution in [-0.2, 0) is 4.79 Å². The summed E-state index contributed by atoms with van der Waals surface area (Å²) in [6.07, 6.45) is 0. The zero-order valence-corrected chi connectivity index (χ0v) is 10.6. The van der Waals surface area contributed by atoms with Gasteiger partial charge in [0.25, 0.3) is 5.91 Å². The van der Waals surface area contributed by atoms with Crippen molar-refractivity contribution < 1.29 is 9.59 Å². The van der Waals surface area contributed by atoms with Crippen molar-refractivity contribution in [2.75, 3.05) is 0 Å². The van der Waals surface area contributed by atoms with Crippen molar-refractivity contribution in [2.24, 2.45) is 5.84 Å². The van der Waals surface area contributed by atoms with E-state index in [0.29, 0.717) is 10.6 Å². The van der Waals surface area contributed by atoms with Crippen LogP contribution in [0.25, 0.3) is 0 Å². The van der Waals surface area contributed by atoms with Gasteiger partial charge in [-0.25, -0.2) is 10.9 Å². The Hall–Kier alpha value is -0.950. The quantitative estimate of drug-likeness (QED) is 0.369. The average Bonchev–Trinajstić information content (AvgIpc) is 2.19. The molecular weight excluding hydrogens is 307 g/mol. The summed E-state index contributed by atoms with van der Waals surface area (Å²) in [5.41, 5.74) is 1.50. The highest BCUT2D eigenvalue weighted by Gasteiger charge is 2.16. The summed E-state index contributed by atoms with van der Waals surface area (Å²) in [5, 5.41) is 0.612. The number of rotatable bonds is 1. The molecule has 0 aromatic heterocycles. The van der Waals surface area contributed by atoms with Gasteiger partial charge in [0.05, 0.1) is 0 Å². The lowest BCUT2D eigenvalue weighted by Gasteiger charge is -2.12. The summed E-state index contributed by atoms with van der Waals surface area (Å²) in [5.74, 6) is 4.35. The molecule has 2 N–H and O–H groups in total. The first-order chi connectivity index (χ1) is 6.93. The zero-order valence-electron chi connectivity index (χ0n) is 8.45. The van der Waals surface area contributed by atoms with Crippen LogP contribution >= 0.6 is 22.6 Å². The highest BCUT2D eigenvalue weighted by molar-refractivity contribution is 14.1. The van der Waals surface area contributed by atoms with Crippen molar-refractivity contribution in [3.63, 3.8) is 0 Å². The van der Waals surface area contributed by atoms with Crippen molar-refractivity contribution in [3.05, 3.63) is 32.9 Å². The summed E-state index contributed by atoms with van der Waals surface area (Å²) >= 11 is 2.13. The van der Waals surface area contributed by atoms with E-state index in [1.807, 2.05) is 13.0 Å². The Bertz CT molecular complexity index is 418. The number of nitrogens with two attached hydrogens (primary N) is 1. The third kappa shape index (κ3) is 2.75. The largest absolute Gasteiger partial charge is 0.274 e. The molecule has 0 spiro atoms. The van der Waals surface area contributed by atoms with Gasteiger partial charge in [-0.05, 0) is 47.2 Å². The van der Waals surface area contributed by atoms with Crippen molar-refractivity contribution in [1.82, 2.24) is 5.01 Å². The van der Waals surface area contributed by atoms with E-state index < -0.39 is 11.8 Å². The van der Waals surface area contributed by atoms with E-state index >= 15 is 0 Å². The molecule has 0 fully saturated rings. The molecule has 1 aromatic rings. The standard InChI is InChI=1S/C10H11IN2O2/c1-6-3-4-8(5-9(6)11)10(15)13(12)7(2)14/h3-5H,12H2,1-2H3. The maximum absolute atomic E-state index is 11.6. The number of hydrogen-bond donors (Lipinski definition) is 1. The number of aryl methyl sites for hydroxylation is 1. The molecular formula is C10H11IN2O2. The first-order valence-corrected chi connectivity index (χ1v) is 5.37. The topological polar surface area (TPSA) is 63.4 Å². The second-order valence-electron chi connectivity index (χ2n) is 3.16. The number of carbonyl (C=O) groups excluding carboxylic acids is 2. The molecule has 1 rings (SSSR count). The third-order valence-electron chi connectivity index (χ3n) is 1.98. The molecule has 15 heavy (non-hydrogen) atoms. The number of carbonyl (C=O) groups is 2. The van der Waals surface area contributed by atoms with E-state index in [1.54, 1.807) is 12.1 Å².